The average Bonchev–Trinajstić information content (AvgIpc) is 3.30. The van der Waals surface area contributed by atoms with E-state index >= 15 is 0 Å². The van der Waals surface area contributed by atoms with Gasteiger partial charge in [0.05, 0.1) is 4.92 Å². The molecular weight excluding hydrogens is 445 g/mol. The van der Waals surface area contributed by atoms with Gasteiger partial charge in [0.25, 0.3) is 5.69 Å². The van der Waals surface area contributed by atoms with Gasteiger partial charge < -0.3 is 10.6 Å². The zero-order valence-corrected chi connectivity index (χ0v) is 17.5. The predicted molar refractivity (Wildman–Crippen MR) is 114 cm³/mol. The van der Waals surface area contributed by atoms with Crippen molar-refractivity contribution < 1.29 is 4.92 Å². The number of aliphatic imine (C=N–C) groups is 1. The van der Waals surface area contributed by atoms with E-state index in [9.17, 15) is 10.1 Å². The fourth-order valence-electron chi connectivity index (χ4n) is 3.86. The molecule has 26 heavy (non-hydrogen) atoms. The molecule has 1 aliphatic heterocycles. The van der Waals surface area contributed by atoms with Crippen LogP contribution in [0, 0.1) is 10.1 Å². The molecule has 0 bridgehead atoms. The fourth-order valence-corrected chi connectivity index (χ4v) is 3.86. The Morgan fingerprint density at radius 1 is 1.35 bits per heavy atom. The summed E-state index contributed by atoms with van der Waals surface area (Å²) in [6.45, 7) is 2.74. The van der Waals surface area contributed by atoms with Crippen LogP contribution in [0.5, 0.6) is 0 Å². The lowest BCUT2D eigenvalue weighted by molar-refractivity contribution is -0.384. The Morgan fingerprint density at radius 2 is 2.12 bits per heavy atom. The van der Waals surface area contributed by atoms with Gasteiger partial charge in [0, 0.05) is 50.9 Å². The van der Waals surface area contributed by atoms with Crippen molar-refractivity contribution in [1.82, 2.24) is 15.5 Å². The lowest BCUT2D eigenvalue weighted by atomic mass is 10.2. The minimum Gasteiger partial charge on any atom is -0.352 e. The van der Waals surface area contributed by atoms with Crippen molar-refractivity contribution in [3.63, 3.8) is 0 Å². The molecule has 1 saturated carbocycles. The van der Waals surface area contributed by atoms with Crippen LogP contribution in [0.4, 0.5) is 5.69 Å². The first kappa shape index (κ1) is 20.9. The van der Waals surface area contributed by atoms with Crippen LogP contribution in [0.25, 0.3) is 0 Å². The Bertz CT molecular complexity index is 634. The van der Waals surface area contributed by atoms with Gasteiger partial charge in [0.2, 0.25) is 0 Å². The summed E-state index contributed by atoms with van der Waals surface area (Å²) in [6, 6.07) is 7.88. The SMILES string of the molecule is CN=C(NCc1cccc([N+](=O)[O-])c1)NC1CCN(C2CCCC2)C1.I. The second-order valence-corrected chi connectivity index (χ2v) is 6.92. The first-order chi connectivity index (χ1) is 12.2. The second-order valence-electron chi connectivity index (χ2n) is 6.92. The Morgan fingerprint density at radius 3 is 2.81 bits per heavy atom. The van der Waals surface area contributed by atoms with Gasteiger partial charge in [-0.25, -0.2) is 0 Å². The van der Waals surface area contributed by atoms with Crippen LogP contribution < -0.4 is 10.6 Å². The van der Waals surface area contributed by atoms with Crippen LogP contribution in [0.3, 0.4) is 0 Å². The zero-order chi connectivity index (χ0) is 17.6. The maximum atomic E-state index is 10.9. The number of non-ortho nitro benzene ring substituents is 1. The molecule has 8 heteroatoms. The number of nitrogens with one attached hydrogen (secondary N) is 2. The number of benzene rings is 1. The molecule has 1 atom stereocenters. The fraction of sp³-hybridized carbons (Fsp3) is 0.611. The number of halogens is 1. The van der Waals surface area contributed by atoms with Gasteiger partial charge in [-0.3, -0.25) is 20.0 Å². The summed E-state index contributed by atoms with van der Waals surface area (Å²) in [5.41, 5.74) is 0.987. The molecule has 1 aliphatic carbocycles. The molecule has 0 radical (unpaired) electrons. The molecule has 1 aromatic rings. The summed E-state index contributed by atoms with van der Waals surface area (Å²) in [7, 11) is 1.76. The van der Waals surface area contributed by atoms with Crippen LogP contribution in [-0.2, 0) is 6.54 Å². The summed E-state index contributed by atoms with van der Waals surface area (Å²) in [6.07, 6.45) is 6.55. The molecule has 1 aromatic carbocycles. The summed E-state index contributed by atoms with van der Waals surface area (Å²) in [4.78, 5) is 17.4. The van der Waals surface area contributed by atoms with Crippen LogP contribution in [0.1, 0.15) is 37.7 Å². The molecule has 0 spiro atoms. The third-order valence-corrected chi connectivity index (χ3v) is 5.21. The van der Waals surface area contributed by atoms with E-state index < -0.39 is 0 Å². The molecule has 0 amide bonds. The average molecular weight is 473 g/mol. The highest BCUT2D eigenvalue weighted by atomic mass is 127. The molecule has 1 heterocycles. The summed E-state index contributed by atoms with van der Waals surface area (Å²) >= 11 is 0. The van der Waals surface area contributed by atoms with E-state index in [1.54, 1.807) is 19.2 Å². The third kappa shape index (κ3) is 5.54. The normalized spacial score (nSPS) is 21.4. The Hall–Kier alpha value is -1.42. The first-order valence-electron chi connectivity index (χ1n) is 9.10. The van der Waals surface area contributed by atoms with Crippen molar-refractivity contribution in [3.8, 4) is 0 Å². The summed E-state index contributed by atoms with van der Waals surface area (Å²) < 4.78 is 0. The summed E-state index contributed by atoms with van der Waals surface area (Å²) in [5, 5.41) is 17.6. The second kappa shape index (κ2) is 10.1. The van der Waals surface area contributed by atoms with E-state index in [4.69, 9.17) is 0 Å². The Labute approximate surface area is 171 Å². The zero-order valence-electron chi connectivity index (χ0n) is 15.2. The molecular formula is C18H28IN5O2. The number of likely N-dealkylation sites (tertiary alicyclic amines) is 1. The van der Waals surface area contributed by atoms with Gasteiger partial charge in [-0.1, -0.05) is 25.0 Å². The maximum Gasteiger partial charge on any atom is 0.269 e. The lowest BCUT2D eigenvalue weighted by Crippen LogP contribution is -2.45. The monoisotopic (exact) mass is 473 g/mol. The molecule has 1 saturated heterocycles. The smallest absolute Gasteiger partial charge is 0.269 e. The Kier molecular flexibility index (Phi) is 8.08. The highest BCUT2D eigenvalue weighted by molar-refractivity contribution is 14.0. The standard InChI is InChI=1S/C18H27N5O2.HI/c1-19-18(20-12-14-5-4-8-17(11-14)23(24)25)21-15-9-10-22(13-15)16-6-2-3-7-16;/h4-5,8,11,15-16H,2-3,6-7,9-10,12-13H2,1H3,(H2,19,20,21);1H. The van der Waals surface area contributed by atoms with Gasteiger partial charge in [0.15, 0.2) is 5.96 Å². The van der Waals surface area contributed by atoms with E-state index in [0.717, 1.165) is 37.1 Å². The van der Waals surface area contributed by atoms with E-state index in [1.807, 2.05) is 6.07 Å². The van der Waals surface area contributed by atoms with Crippen LogP contribution >= 0.6 is 24.0 Å². The van der Waals surface area contributed by atoms with Crippen LogP contribution in [0.15, 0.2) is 29.3 Å². The van der Waals surface area contributed by atoms with Crippen molar-refractivity contribution in [3.05, 3.63) is 39.9 Å². The van der Waals surface area contributed by atoms with Gasteiger partial charge in [-0.2, -0.15) is 0 Å². The van der Waals surface area contributed by atoms with E-state index in [2.05, 4.69) is 20.5 Å². The molecule has 2 aliphatic rings. The highest BCUT2D eigenvalue weighted by Gasteiger charge is 2.30. The van der Waals surface area contributed by atoms with Crippen LogP contribution in [-0.4, -0.2) is 48.0 Å². The molecule has 3 rings (SSSR count). The maximum absolute atomic E-state index is 10.9. The first-order valence-corrected chi connectivity index (χ1v) is 9.10. The number of hydrogen-bond donors (Lipinski definition) is 2. The quantitative estimate of drug-likeness (QED) is 0.226. The molecule has 2 N–H and O–H groups in total. The number of nitro benzene ring substituents is 1. The van der Waals surface area contributed by atoms with Crippen molar-refractivity contribution >= 4 is 35.6 Å². The molecule has 144 valence electrons. The van der Waals surface area contributed by atoms with Gasteiger partial charge in [0.1, 0.15) is 0 Å². The van der Waals surface area contributed by atoms with E-state index in [-0.39, 0.29) is 34.6 Å². The van der Waals surface area contributed by atoms with E-state index in [0.29, 0.717) is 12.6 Å². The van der Waals surface area contributed by atoms with Gasteiger partial charge in [-0.15, -0.1) is 24.0 Å². The van der Waals surface area contributed by atoms with Crippen molar-refractivity contribution in [2.24, 2.45) is 4.99 Å². The number of rotatable bonds is 5. The topological polar surface area (TPSA) is 82.8 Å². The van der Waals surface area contributed by atoms with Gasteiger partial charge in [-0.05, 0) is 24.8 Å². The molecule has 2 fully saturated rings. The van der Waals surface area contributed by atoms with Crippen LogP contribution in [0.2, 0.25) is 0 Å². The highest BCUT2D eigenvalue weighted by Crippen LogP contribution is 2.26. The number of hydrogen-bond acceptors (Lipinski definition) is 4. The number of nitro groups is 1. The number of nitrogens with zero attached hydrogens (tertiary/aromatic N) is 3. The number of guanidine groups is 1. The molecule has 7 nitrogen and oxygen atoms in total. The molecule has 1 unspecified atom stereocenters. The third-order valence-electron chi connectivity index (χ3n) is 5.21. The molecule has 0 aromatic heterocycles. The van der Waals surface area contributed by atoms with Crippen molar-refractivity contribution in [2.75, 3.05) is 20.1 Å². The van der Waals surface area contributed by atoms with Crippen molar-refractivity contribution in [1.29, 1.82) is 0 Å². The minimum atomic E-state index is -0.368. The van der Waals surface area contributed by atoms with E-state index in [1.165, 1.54) is 31.7 Å². The lowest BCUT2D eigenvalue weighted by Gasteiger charge is -2.24. The largest absolute Gasteiger partial charge is 0.352 e. The van der Waals surface area contributed by atoms with Gasteiger partial charge >= 0.3 is 0 Å². The summed E-state index contributed by atoms with van der Waals surface area (Å²) in [5.74, 6) is 0.754. The van der Waals surface area contributed by atoms with Crippen molar-refractivity contribution in [2.45, 2.75) is 50.7 Å². The predicted octanol–water partition coefficient (Wildman–Crippen LogP) is 2.89. The minimum absolute atomic E-state index is 0. The Balaban J connectivity index is 0.00000243.